The highest BCUT2D eigenvalue weighted by molar-refractivity contribution is 5.68. The number of pyridine rings is 1. The van der Waals surface area contributed by atoms with Crippen molar-refractivity contribution in [3.63, 3.8) is 0 Å². The highest BCUT2D eigenvalue weighted by Crippen LogP contribution is 2.25. The van der Waals surface area contributed by atoms with E-state index in [-0.39, 0.29) is 12.6 Å². The van der Waals surface area contributed by atoms with Gasteiger partial charge in [-0.3, -0.25) is 4.40 Å². The standard InChI is InChI=1S/C22H20N6O/c1-14-4-3-9-28-19(12-24-21(14)28)20-18(10-23)11-25-22(27-20)26-15(2)17-7-5-16(13-29)6-8-17/h3-9,11-12,15,29H,13H2,1-2H3,(H,25,26,27). The molecule has 29 heavy (non-hydrogen) atoms. The Bertz CT molecular complexity index is 1210. The molecule has 1 unspecified atom stereocenters. The summed E-state index contributed by atoms with van der Waals surface area (Å²) in [4.78, 5) is 13.4. The fourth-order valence-corrected chi connectivity index (χ4v) is 3.24. The molecule has 0 aliphatic rings. The van der Waals surface area contributed by atoms with Gasteiger partial charge in [-0.25, -0.2) is 15.0 Å². The molecule has 144 valence electrons. The van der Waals surface area contributed by atoms with Gasteiger partial charge < -0.3 is 10.4 Å². The molecule has 0 radical (unpaired) electrons. The number of hydrogen-bond donors (Lipinski definition) is 2. The van der Waals surface area contributed by atoms with E-state index in [1.807, 2.05) is 60.8 Å². The minimum Gasteiger partial charge on any atom is -0.392 e. The Morgan fingerprint density at radius 3 is 2.69 bits per heavy atom. The first-order chi connectivity index (χ1) is 14.1. The number of rotatable bonds is 5. The van der Waals surface area contributed by atoms with Crippen molar-refractivity contribution in [1.29, 1.82) is 5.26 Å². The first-order valence-corrected chi connectivity index (χ1v) is 9.27. The van der Waals surface area contributed by atoms with Crippen molar-refractivity contribution in [3.8, 4) is 17.5 Å². The lowest BCUT2D eigenvalue weighted by molar-refractivity contribution is 0.282. The van der Waals surface area contributed by atoms with Gasteiger partial charge in [-0.1, -0.05) is 30.3 Å². The second kappa shape index (κ2) is 7.70. The number of aromatic nitrogens is 4. The third-order valence-electron chi connectivity index (χ3n) is 4.89. The molecular formula is C22H20N6O. The van der Waals surface area contributed by atoms with Crippen molar-refractivity contribution in [1.82, 2.24) is 19.4 Å². The minimum atomic E-state index is -0.0482. The summed E-state index contributed by atoms with van der Waals surface area (Å²) in [5, 5.41) is 22.0. The SMILES string of the molecule is Cc1cccn2c(-c3nc(NC(C)c4ccc(CO)cc4)ncc3C#N)cnc12. The van der Waals surface area contributed by atoms with E-state index in [4.69, 9.17) is 0 Å². The molecule has 0 amide bonds. The van der Waals surface area contributed by atoms with Gasteiger partial charge in [0.25, 0.3) is 0 Å². The second-order valence-corrected chi connectivity index (χ2v) is 6.86. The van der Waals surface area contributed by atoms with Gasteiger partial charge in [0, 0.05) is 6.20 Å². The Morgan fingerprint density at radius 2 is 1.97 bits per heavy atom. The number of aliphatic hydroxyl groups excluding tert-OH is 1. The fraction of sp³-hybridized carbons (Fsp3) is 0.182. The zero-order chi connectivity index (χ0) is 20.4. The van der Waals surface area contributed by atoms with Crippen LogP contribution in [0.1, 0.15) is 35.2 Å². The van der Waals surface area contributed by atoms with Crippen LogP contribution in [0.5, 0.6) is 0 Å². The van der Waals surface area contributed by atoms with Crippen LogP contribution >= 0.6 is 0 Å². The Kier molecular flexibility index (Phi) is 4.94. The summed E-state index contributed by atoms with van der Waals surface area (Å²) in [6.07, 6.45) is 5.17. The summed E-state index contributed by atoms with van der Waals surface area (Å²) in [6.45, 7) is 4.02. The number of anilines is 1. The van der Waals surface area contributed by atoms with Crippen LogP contribution in [-0.2, 0) is 6.61 Å². The molecule has 3 heterocycles. The minimum absolute atomic E-state index is 0.0168. The van der Waals surface area contributed by atoms with Gasteiger partial charge in [0.1, 0.15) is 17.4 Å². The van der Waals surface area contributed by atoms with Gasteiger partial charge >= 0.3 is 0 Å². The predicted octanol–water partition coefficient (Wildman–Crippen LogP) is 3.64. The maximum absolute atomic E-state index is 9.54. The van der Waals surface area contributed by atoms with E-state index in [2.05, 4.69) is 26.3 Å². The van der Waals surface area contributed by atoms with Crippen LogP contribution in [0.2, 0.25) is 0 Å². The molecule has 0 saturated heterocycles. The lowest BCUT2D eigenvalue weighted by atomic mass is 10.1. The molecule has 0 bridgehead atoms. The molecule has 4 rings (SSSR count). The molecule has 0 aliphatic carbocycles. The van der Waals surface area contributed by atoms with Crippen molar-refractivity contribution in [2.24, 2.45) is 0 Å². The molecule has 7 nitrogen and oxygen atoms in total. The van der Waals surface area contributed by atoms with Crippen LogP contribution in [0, 0.1) is 18.3 Å². The van der Waals surface area contributed by atoms with Crippen molar-refractivity contribution in [3.05, 3.63) is 77.2 Å². The Hall–Kier alpha value is -3.76. The number of benzene rings is 1. The summed E-state index contributed by atoms with van der Waals surface area (Å²) < 4.78 is 1.93. The number of nitriles is 1. The Labute approximate surface area is 168 Å². The van der Waals surface area contributed by atoms with E-state index in [1.54, 1.807) is 6.20 Å². The average molecular weight is 384 g/mol. The summed E-state index contributed by atoms with van der Waals surface area (Å²) in [6, 6.07) is 13.8. The zero-order valence-corrected chi connectivity index (χ0v) is 16.2. The van der Waals surface area contributed by atoms with E-state index in [1.165, 1.54) is 6.20 Å². The second-order valence-electron chi connectivity index (χ2n) is 6.86. The quantitative estimate of drug-likeness (QED) is 0.545. The maximum Gasteiger partial charge on any atom is 0.223 e. The number of aliphatic hydroxyl groups is 1. The maximum atomic E-state index is 9.54. The number of hydrogen-bond acceptors (Lipinski definition) is 6. The number of imidazole rings is 1. The highest BCUT2D eigenvalue weighted by Gasteiger charge is 2.16. The van der Waals surface area contributed by atoms with Crippen molar-refractivity contribution < 1.29 is 5.11 Å². The average Bonchev–Trinajstić information content (AvgIpc) is 3.19. The highest BCUT2D eigenvalue weighted by atomic mass is 16.3. The first-order valence-electron chi connectivity index (χ1n) is 9.27. The van der Waals surface area contributed by atoms with Crippen LogP contribution in [0.3, 0.4) is 0 Å². The Morgan fingerprint density at radius 1 is 1.17 bits per heavy atom. The Balaban J connectivity index is 1.69. The van der Waals surface area contributed by atoms with Gasteiger partial charge in [0.2, 0.25) is 5.95 Å². The number of fused-ring (bicyclic) bond motifs is 1. The van der Waals surface area contributed by atoms with Crippen LogP contribution in [0.15, 0.2) is 55.0 Å². The van der Waals surface area contributed by atoms with E-state index >= 15 is 0 Å². The van der Waals surface area contributed by atoms with Crippen molar-refractivity contribution >= 4 is 11.6 Å². The van der Waals surface area contributed by atoms with Gasteiger partial charge in [-0.05, 0) is 36.6 Å². The van der Waals surface area contributed by atoms with E-state index in [9.17, 15) is 10.4 Å². The molecular weight excluding hydrogens is 364 g/mol. The van der Waals surface area contributed by atoms with Gasteiger partial charge in [-0.2, -0.15) is 5.26 Å². The molecule has 0 saturated carbocycles. The van der Waals surface area contributed by atoms with Crippen molar-refractivity contribution in [2.45, 2.75) is 26.5 Å². The van der Waals surface area contributed by atoms with Gasteiger partial charge in [-0.15, -0.1) is 0 Å². The van der Waals surface area contributed by atoms with Crippen LogP contribution in [0.25, 0.3) is 17.0 Å². The van der Waals surface area contributed by atoms with Crippen LogP contribution in [-0.4, -0.2) is 24.5 Å². The zero-order valence-electron chi connectivity index (χ0n) is 16.2. The summed E-state index contributed by atoms with van der Waals surface area (Å²) >= 11 is 0. The van der Waals surface area contributed by atoms with Crippen molar-refractivity contribution in [2.75, 3.05) is 5.32 Å². The normalized spacial score (nSPS) is 11.9. The third-order valence-corrected chi connectivity index (χ3v) is 4.89. The molecule has 2 N–H and O–H groups in total. The van der Waals surface area contributed by atoms with Crippen LogP contribution in [0.4, 0.5) is 5.95 Å². The smallest absolute Gasteiger partial charge is 0.223 e. The predicted molar refractivity (Wildman–Crippen MR) is 110 cm³/mol. The van der Waals surface area contributed by atoms with Crippen LogP contribution < -0.4 is 5.32 Å². The van der Waals surface area contributed by atoms with Gasteiger partial charge in [0.05, 0.1) is 36.3 Å². The molecule has 1 atom stereocenters. The van der Waals surface area contributed by atoms with E-state index in [0.29, 0.717) is 17.2 Å². The van der Waals surface area contributed by atoms with E-state index in [0.717, 1.165) is 28.0 Å². The first kappa shape index (κ1) is 18.6. The number of nitrogens with zero attached hydrogens (tertiary/aromatic N) is 5. The monoisotopic (exact) mass is 384 g/mol. The lowest BCUT2D eigenvalue weighted by Crippen LogP contribution is -2.10. The molecule has 7 heteroatoms. The molecule has 3 aromatic heterocycles. The summed E-state index contributed by atoms with van der Waals surface area (Å²) in [5.41, 5.74) is 5.44. The topological polar surface area (TPSA) is 99.1 Å². The van der Waals surface area contributed by atoms with Gasteiger partial charge in [0.15, 0.2) is 0 Å². The summed E-state index contributed by atoms with van der Waals surface area (Å²) in [7, 11) is 0. The largest absolute Gasteiger partial charge is 0.392 e. The molecule has 1 aromatic carbocycles. The lowest BCUT2D eigenvalue weighted by Gasteiger charge is -2.15. The number of nitrogens with one attached hydrogen (secondary N) is 1. The number of aryl methyl sites for hydroxylation is 1. The molecule has 0 spiro atoms. The molecule has 0 fully saturated rings. The summed E-state index contributed by atoms with van der Waals surface area (Å²) in [5.74, 6) is 0.431. The molecule has 0 aliphatic heterocycles. The molecule has 4 aromatic rings. The van der Waals surface area contributed by atoms with E-state index < -0.39 is 0 Å². The fourth-order valence-electron chi connectivity index (χ4n) is 3.24. The third kappa shape index (κ3) is 3.53.